The zero-order valence-electron chi connectivity index (χ0n) is 10.0. The Morgan fingerprint density at radius 1 is 1.47 bits per heavy atom. The van der Waals surface area contributed by atoms with Crippen molar-refractivity contribution in [3.63, 3.8) is 0 Å². The van der Waals surface area contributed by atoms with Gasteiger partial charge in [0.2, 0.25) is 0 Å². The highest BCUT2D eigenvalue weighted by molar-refractivity contribution is 5.79. The number of carbonyl (C=O) groups is 1. The number of carboxylic acids is 1. The molecule has 0 spiro atoms. The van der Waals surface area contributed by atoms with E-state index in [1.807, 2.05) is 38.1 Å². The zero-order valence-corrected chi connectivity index (χ0v) is 10.0. The minimum absolute atomic E-state index is 0.0773. The van der Waals surface area contributed by atoms with E-state index in [2.05, 4.69) is 0 Å². The lowest BCUT2D eigenvalue weighted by atomic mass is 9.82. The third-order valence-electron chi connectivity index (χ3n) is 3.15. The lowest BCUT2D eigenvalue weighted by molar-refractivity contribution is -0.131. The molecule has 0 amide bonds. The summed E-state index contributed by atoms with van der Waals surface area (Å²) in [5, 5.41) is 8.68. The number of hydrogen-bond acceptors (Lipinski definition) is 2. The molecule has 3 heteroatoms. The summed E-state index contributed by atoms with van der Waals surface area (Å²) in [5.41, 5.74) is 0.757. The summed E-state index contributed by atoms with van der Waals surface area (Å²) in [4.78, 5) is 10.6. The van der Waals surface area contributed by atoms with Crippen molar-refractivity contribution in [3.8, 4) is 5.75 Å². The summed E-state index contributed by atoms with van der Waals surface area (Å²) < 4.78 is 5.92. The van der Waals surface area contributed by atoms with E-state index in [1.165, 1.54) is 6.08 Å². The predicted octanol–water partition coefficient (Wildman–Crippen LogP) is 2.66. The molecular formula is C14H16O3. The van der Waals surface area contributed by atoms with Gasteiger partial charge in [-0.2, -0.15) is 0 Å². The van der Waals surface area contributed by atoms with Crippen LogP contribution in [-0.4, -0.2) is 16.7 Å². The molecule has 0 fully saturated rings. The van der Waals surface area contributed by atoms with Crippen LogP contribution in [0.25, 0.3) is 0 Å². The average molecular weight is 232 g/mol. The van der Waals surface area contributed by atoms with Crippen LogP contribution in [0.3, 0.4) is 0 Å². The van der Waals surface area contributed by atoms with Gasteiger partial charge in [0.25, 0.3) is 0 Å². The largest absolute Gasteiger partial charge is 0.487 e. The molecule has 90 valence electrons. The Morgan fingerprint density at radius 2 is 2.18 bits per heavy atom. The normalized spacial score (nSPS) is 21.9. The first-order valence-corrected chi connectivity index (χ1v) is 5.67. The van der Waals surface area contributed by atoms with E-state index in [-0.39, 0.29) is 11.5 Å². The van der Waals surface area contributed by atoms with E-state index < -0.39 is 5.97 Å². The Kier molecular flexibility index (Phi) is 2.92. The Morgan fingerprint density at radius 3 is 2.88 bits per heavy atom. The summed E-state index contributed by atoms with van der Waals surface area (Å²) in [6.45, 7) is 3.97. The number of para-hydroxylation sites is 1. The van der Waals surface area contributed by atoms with Crippen LogP contribution in [0.4, 0.5) is 0 Å². The van der Waals surface area contributed by atoms with Crippen LogP contribution in [-0.2, 0) is 11.2 Å². The first kappa shape index (κ1) is 11.7. The zero-order chi connectivity index (χ0) is 12.5. The molecule has 0 saturated carbocycles. The molecule has 1 heterocycles. The number of rotatable bonds is 2. The number of aliphatic carboxylic acids is 1. The van der Waals surface area contributed by atoms with Gasteiger partial charge in [0.05, 0.1) is 0 Å². The van der Waals surface area contributed by atoms with Gasteiger partial charge in [0, 0.05) is 12.0 Å². The standard InChI is InChI=1S/C14H16O3/c1-14(2)11(7-8-13(15)16)9-10-5-3-4-6-12(10)17-14/h3-8,11H,9H2,1-2H3,(H,15,16). The molecule has 17 heavy (non-hydrogen) atoms. The lowest BCUT2D eigenvalue weighted by Gasteiger charge is -2.38. The molecule has 1 atom stereocenters. The molecule has 1 N–H and O–H groups in total. The molecular weight excluding hydrogens is 216 g/mol. The highest BCUT2D eigenvalue weighted by Gasteiger charge is 2.35. The van der Waals surface area contributed by atoms with Crippen LogP contribution in [0.2, 0.25) is 0 Å². The second kappa shape index (κ2) is 4.24. The van der Waals surface area contributed by atoms with Gasteiger partial charge in [-0.15, -0.1) is 0 Å². The van der Waals surface area contributed by atoms with Gasteiger partial charge in [-0.25, -0.2) is 4.79 Å². The molecule has 1 aromatic rings. The van der Waals surface area contributed by atoms with E-state index in [4.69, 9.17) is 9.84 Å². The third kappa shape index (κ3) is 2.49. The molecule has 0 bridgehead atoms. The summed E-state index contributed by atoms with van der Waals surface area (Å²) in [6.07, 6.45) is 3.73. The van der Waals surface area contributed by atoms with Gasteiger partial charge >= 0.3 is 5.97 Å². The monoisotopic (exact) mass is 232 g/mol. The SMILES string of the molecule is CC1(C)Oc2ccccc2CC1C=CC(=O)O. The quantitative estimate of drug-likeness (QED) is 0.797. The summed E-state index contributed by atoms with van der Waals surface area (Å²) >= 11 is 0. The Labute approximate surface area is 101 Å². The number of hydrogen-bond donors (Lipinski definition) is 1. The van der Waals surface area contributed by atoms with Gasteiger partial charge < -0.3 is 9.84 Å². The smallest absolute Gasteiger partial charge is 0.327 e. The maximum absolute atomic E-state index is 10.6. The molecule has 0 aromatic heterocycles. The molecule has 0 aliphatic carbocycles. The second-order valence-corrected chi connectivity index (χ2v) is 4.82. The Balaban J connectivity index is 2.28. The number of fused-ring (bicyclic) bond motifs is 1. The molecule has 1 aliphatic heterocycles. The fraction of sp³-hybridized carbons (Fsp3) is 0.357. The van der Waals surface area contributed by atoms with Gasteiger partial charge in [0.15, 0.2) is 0 Å². The fourth-order valence-electron chi connectivity index (χ4n) is 2.11. The highest BCUT2D eigenvalue weighted by atomic mass is 16.5. The van der Waals surface area contributed by atoms with Crippen molar-refractivity contribution in [2.75, 3.05) is 0 Å². The first-order valence-electron chi connectivity index (χ1n) is 5.67. The van der Waals surface area contributed by atoms with Gasteiger partial charge in [-0.1, -0.05) is 24.3 Å². The van der Waals surface area contributed by atoms with Gasteiger partial charge in [-0.3, -0.25) is 0 Å². The third-order valence-corrected chi connectivity index (χ3v) is 3.15. The van der Waals surface area contributed by atoms with E-state index in [0.29, 0.717) is 0 Å². The van der Waals surface area contributed by atoms with E-state index in [9.17, 15) is 4.79 Å². The van der Waals surface area contributed by atoms with Crippen LogP contribution >= 0.6 is 0 Å². The second-order valence-electron chi connectivity index (χ2n) is 4.82. The molecule has 1 aromatic carbocycles. The number of carboxylic acid groups (broad SMARTS) is 1. The number of ether oxygens (including phenoxy) is 1. The lowest BCUT2D eigenvalue weighted by Crippen LogP contribution is -2.41. The minimum Gasteiger partial charge on any atom is -0.487 e. The van der Waals surface area contributed by atoms with Crippen LogP contribution < -0.4 is 4.74 Å². The summed E-state index contributed by atoms with van der Waals surface area (Å²) in [5.74, 6) is 0.0608. The van der Waals surface area contributed by atoms with Crippen molar-refractivity contribution in [3.05, 3.63) is 42.0 Å². The van der Waals surface area contributed by atoms with Crippen molar-refractivity contribution in [2.24, 2.45) is 5.92 Å². The topological polar surface area (TPSA) is 46.5 Å². The fourth-order valence-corrected chi connectivity index (χ4v) is 2.11. The van der Waals surface area contributed by atoms with Crippen molar-refractivity contribution in [1.82, 2.24) is 0 Å². The van der Waals surface area contributed by atoms with Crippen LogP contribution in [0.1, 0.15) is 19.4 Å². The van der Waals surface area contributed by atoms with Gasteiger partial charge in [0.1, 0.15) is 11.4 Å². The Hall–Kier alpha value is -1.77. The molecule has 0 saturated heterocycles. The van der Waals surface area contributed by atoms with Crippen molar-refractivity contribution < 1.29 is 14.6 Å². The summed E-state index contributed by atoms with van der Waals surface area (Å²) in [6, 6.07) is 7.89. The minimum atomic E-state index is -0.917. The van der Waals surface area contributed by atoms with Gasteiger partial charge in [-0.05, 0) is 31.9 Å². The molecule has 0 radical (unpaired) electrons. The van der Waals surface area contributed by atoms with Crippen molar-refractivity contribution in [2.45, 2.75) is 25.9 Å². The van der Waals surface area contributed by atoms with Crippen LogP contribution in [0, 0.1) is 5.92 Å². The average Bonchev–Trinajstić information content (AvgIpc) is 2.25. The highest BCUT2D eigenvalue weighted by Crippen LogP contribution is 2.37. The molecule has 1 aliphatic rings. The van der Waals surface area contributed by atoms with E-state index >= 15 is 0 Å². The van der Waals surface area contributed by atoms with E-state index in [1.54, 1.807) is 6.08 Å². The molecule has 1 unspecified atom stereocenters. The van der Waals surface area contributed by atoms with Crippen LogP contribution in [0.5, 0.6) is 5.75 Å². The molecule has 2 rings (SSSR count). The van der Waals surface area contributed by atoms with Crippen molar-refractivity contribution >= 4 is 5.97 Å². The first-order chi connectivity index (χ1) is 7.99. The maximum Gasteiger partial charge on any atom is 0.327 e. The summed E-state index contributed by atoms with van der Waals surface area (Å²) in [7, 11) is 0. The number of benzene rings is 1. The Bertz CT molecular complexity index is 460. The van der Waals surface area contributed by atoms with Crippen molar-refractivity contribution in [1.29, 1.82) is 0 Å². The molecule has 3 nitrogen and oxygen atoms in total. The van der Waals surface area contributed by atoms with Crippen LogP contribution in [0.15, 0.2) is 36.4 Å². The maximum atomic E-state index is 10.6. The van der Waals surface area contributed by atoms with E-state index in [0.717, 1.165) is 17.7 Å². The predicted molar refractivity (Wildman–Crippen MR) is 65.1 cm³/mol.